The molecule has 2 rings (SSSR count). The van der Waals surface area contributed by atoms with Gasteiger partial charge in [0.15, 0.2) is 0 Å². The fourth-order valence-electron chi connectivity index (χ4n) is 1.23. The summed E-state index contributed by atoms with van der Waals surface area (Å²) in [5.74, 6) is 0. The number of hydrogen-bond donors (Lipinski definition) is 1. The van der Waals surface area contributed by atoms with Crippen molar-refractivity contribution in [3.8, 4) is 0 Å². The third-order valence-electron chi connectivity index (χ3n) is 1.78. The lowest BCUT2D eigenvalue weighted by Gasteiger charge is -1.97. The van der Waals surface area contributed by atoms with Gasteiger partial charge in [-0.05, 0) is 24.7 Å². The van der Waals surface area contributed by atoms with Crippen LogP contribution in [0.25, 0.3) is 10.3 Å². The number of nitrogens with one attached hydrogen (secondary N) is 1. The molecule has 0 unspecified atom stereocenters. The Labute approximate surface area is 79.0 Å². The normalized spacial score (nSPS) is 10.8. The fourth-order valence-corrected chi connectivity index (χ4v) is 1.96. The summed E-state index contributed by atoms with van der Waals surface area (Å²) in [6.45, 7) is 0.808. The molecular formula is C9H9NO2S. The highest BCUT2D eigenvalue weighted by Gasteiger charge is 2.01. The predicted octanol–water partition coefficient (Wildman–Crippen LogP) is 1.57. The molecule has 0 aliphatic carbocycles. The highest BCUT2D eigenvalue weighted by molar-refractivity contribution is 7.16. The van der Waals surface area contributed by atoms with Gasteiger partial charge in [-0.3, -0.25) is 0 Å². The molecule has 0 atom stereocenters. The lowest BCUT2D eigenvalue weighted by Crippen LogP contribution is -2.04. The fraction of sp³-hybridized carbons (Fsp3) is 0.222. The maximum absolute atomic E-state index is 10.9. The third-order valence-corrected chi connectivity index (χ3v) is 2.56. The highest BCUT2D eigenvalue weighted by atomic mass is 32.1. The van der Waals surface area contributed by atoms with E-state index in [1.54, 1.807) is 0 Å². The molecule has 1 heterocycles. The van der Waals surface area contributed by atoms with Crippen molar-refractivity contribution in [3.63, 3.8) is 0 Å². The lowest BCUT2D eigenvalue weighted by atomic mass is 10.2. The van der Waals surface area contributed by atoms with Gasteiger partial charge in [0.05, 0.1) is 4.70 Å². The van der Waals surface area contributed by atoms with Crippen molar-refractivity contribution >= 4 is 21.6 Å². The highest BCUT2D eigenvalue weighted by Crippen LogP contribution is 2.18. The Morgan fingerprint density at radius 2 is 2.38 bits per heavy atom. The zero-order valence-electron chi connectivity index (χ0n) is 7.16. The molecule has 0 spiro atoms. The molecule has 0 saturated carbocycles. The maximum atomic E-state index is 10.9. The van der Waals surface area contributed by atoms with Crippen LogP contribution in [0.15, 0.2) is 27.4 Å². The number of fused-ring (bicyclic) bond motifs is 1. The lowest BCUT2D eigenvalue weighted by molar-refractivity contribution is 0.585. The molecule has 1 aromatic carbocycles. The second-order valence-corrected chi connectivity index (χ2v) is 3.74. The first kappa shape index (κ1) is 8.47. The van der Waals surface area contributed by atoms with Crippen LogP contribution in [-0.4, -0.2) is 7.05 Å². The third kappa shape index (κ3) is 1.64. The molecule has 68 valence electrons. The van der Waals surface area contributed by atoms with Crippen molar-refractivity contribution in [1.29, 1.82) is 0 Å². The van der Waals surface area contributed by atoms with Gasteiger partial charge in [0.2, 0.25) is 0 Å². The Morgan fingerprint density at radius 1 is 1.54 bits per heavy atom. The minimum atomic E-state index is -0.239. The van der Waals surface area contributed by atoms with Crippen molar-refractivity contribution < 1.29 is 4.42 Å². The molecule has 13 heavy (non-hydrogen) atoms. The second-order valence-electron chi connectivity index (χ2n) is 2.77. The van der Waals surface area contributed by atoms with Crippen LogP contribution in [0.1, 0.15) is 5.56 Å². The van der Waals surface area contributed by atoms with E-state index in [0.29, 0.717) is 5.58 Å². The van der Waals surface area contributed by atoms with E-state index in [-0.39, 0.29) is 4.94 Å². The van der Waals surface area contributed by atoms with Gasteiger partial charge in [-0.1, -0.05) is 17.4 Å². The van der Waals surface area contributed by atoms with Gasteiger partial charge in [0, 0.05) is 6.54 Å². The largest absolute Gasteiger partial charge is 0.414 e. The number of hydrogen-bond acceptors (Lipinski definition) is 4. The minimum absolute atomic E-state index is 0.239. The van der Waals surface area contributed by atoms with Crippen molar-refractivity contribution in [3.05, 3.63) is 33.5 Å². The SMILES string of the molecule is CNCc1ccc2oc(=O)sc2c1. The summed E-state index contributed by atoms with van der Waals surface area (Å²) < 4.78 is 5.86. The van der Waals surface area contributed by atoms with Crippen LogP contribution >= 0.6 is 11.3 Å². The smallest absolute Gasteiger partial charge is 0.396 e. The van der Waals surface area contributed by atoms with E-state index >= 15 is 0 Å². The summed E-state index contributed by atoms with van der Waals surface area (Å²) in [5, 5.41) is 3.05. The summed E-state index contributed by atoms with van der Waals surface area (Å²) in [7, 11) is 1.89. The average Bonchev–Trinajstić information content (AvgIpc) is 2.44. The Hall–Kier alpha value is -1.13. The molecule has 3 nitrogen and oxygen atoms in total. The molecular weight excluding hydrogens is 186 g/mol. The molecule has 0 saturated heterocycles. The van der Waals surface area contributed by atoms with Crippen LogP contribution in [0.3, 0.4) is 0 Å². The van der Waals surface area contributed by atoms with E-state index in [2.05, 4.69) is 5.32 Å². The van der Waals surface area contributed by atoms with Gasteiger partial charge in [0.25, 0.3) is 0 Å². The van der Waals surface area contributed by atoms with E-state index in [9.17, 15) is 4.79 Å². The van der Waals surface area contributed by atoms with Gasteiger partial charge in [-0.15, -0.1) is 0 Å². The van der Waals surface area contributed by atoms with Gasteiger partial charge >= 0.3 is 4.94 Å². The van der Waals surface area contributed by atoms with E-state index in [0.717, 1.165) is 28.1 Å². The second kappa shape index (κ2) is 3.32. The maximum Gasteiger partial charge on any atom is 0.396 e. The van der Waals surface area contributed by atoms with Crippen LogP contribution in [0.2, 0.25) is 0 Å². The topological polar surface area (TPSA) is 42.2 Å². The molecule has 0 fully saturated rings. The van der Waals surface area contributed by atoms with Crippen molar-refractivity contribution in [1.82, 2.24) is 5.32 Å². The van der Waals surface area contributed by atoms with Gasteiger partial charge < -0.3 is 9.73 Å². The summed E-state index contributed by atoms with van der Waals surface area (Å²) in [6, 6.07) is 5.76. The Morgan fingerprint density at radius 3 is 3.15 bits per heavy atom. The van der Waals surface area contributed by atoms with E-state index in [1.165, 1.54) is 0 Å². The molecule has 4 heteroatoms. The Kier molecular flexibility index (Phi) is 2.16. The number of benzene rings is 1. The Bertz CT molecular complexity index is 472. The summed E-state index contributed by atoms with van der Waals surface area (Å²) in [4.78, 5) is 10.7. The first-order chi connectivity index (χ1) is 6.29. The standard InChI is InChI=1S/C9H9NO2S/c1-10-5-6-2-3-7-8(4-6)13-9(11)12-7/h2-4,10H,5H2,1H3. The molecule has 0 aliphatic rings. The molecule has 2 aromatic rings. The van der Waals surface area contributed by atoms with Crippen LogP contribution in [0, 0.1) is 0 Å². The predicted molar refractivity (Wildman–Crippen MR) is 53.1 cm³/mol. The Balaban J connectivity index is 2.54. The van der Waals surface area contributed by atoms with Crippen molar-refractivity contribution in [2.45, 2.75) is 6.54 Å². The quantitative estimate of drug-likeness (QED) is 0.791. The zero-order valence-corrected chi connectivity index (χ0v) is 7.98. The molecule has 0 amide bonds. The molecule has 0 radical (unpaired) electrons. The van der Waals surface area contributed by atoms with Gasteiger partial charge in [0.1, 0.15) is 5.58 Å². The van der Waals surface area contributed by atoms with Gasteiger partial charge in [-0.25, -0.2) is 4.79 Å². The average molecular weight is 195 g/mol. The van der Waals surface area contributed by atoms with Crippen LogP contribution < -0.4 is 10.3 Å². The summed E-state index contributed by atoms with van der Waals surface area (Å²) in [5.41, 5.74) is 1.84. The number of rotatable bonds is 2. The van der Waals surface area contributed by atoms with E-state index < -0.39 is 0 Å². The molecule has 1 N–H and O–H groups in total. The van der Waals surface area contributed by atoms with Crippen LogP contribution in [-0.2, 0) is 6.54 Å². The molecule has 0 bridgehead atoms. The summed E-state index contributed by atoms with van der Waals surface area (Å²) >= 11 is 1.14. The first-order valence-electron chi connectivity index (χ1n) is 3.97. The molecule has 1 aromatic heterocycles. The van der Waals surface area contributed by atoms with E-state index in [4.69, 9.17) is 4.42 Å². The van der Waals surface area contributed by atoms with Crippen molar-refractivity contribution in [2.24, 2.45) is 0 Å². The monoisotopic (exact) mass is 195 g/mol. The van der Waals surface area contributed by atoms with Crippen LogP contribution in [0.4, 0.5) is 0 Å². The first-order valence-corrected chi connectivity index (χ1v) is 4.78. The van der Waals surface area contributed by atoms with E-state index in [1.807, 2.05) is 25.2 Å². The minimum Gasteiger partial charge on any atom is -0.414 e. The van der Waals surface area contributed by atoms with Gasteiger partial charge in [-0.2, -0.15) is 0 Å². The van der Waals surface area contributed by atoms with Crippen molar-refractivity contribution in [2.75, 3.05) is 7.05 Å². The van der Waals surface area contributed by atoms with Crippen LogP contribution in [0.5, 0.6) is 0 Å². The summed E-state index contributed by atoms with van der Waals surface area (Å²) in [6.07, 6.45) is 0. The zero-order chi connectivity index (χ0) is 9.26. The molecule has 0 aliphatic heterocycles.